The first-order chi connectivity index (χ1) is 7.76. The molecule has 16 heavy (non-hydrogen) atoms. The number of carbonyl (C=O) groups is 1. The molecule has 2 rings (SSSR count). The summed E-state index contributed by atoms with van der Waals surface area (Å²) in [5.74, 6) is -0.0622. The van der Waals surface area contributed by atoms with E-state index in [0.29, 0.717) is 5.56 Å². The smallest absolute Gasteiger partial charge is 0.251 e. The van der Waals surface area contributed by atoms with Gasteiger partial charge < -0.3 is 5.32 Å². The Bertz CT molecular complexity index is 534. The van der Waals surface area contributed by atoms with E-state index in [2.05, 4.69) is 17.2 Å². The second kappa shape index (κ2) is 4.31. The average molecular weight is 214 g/mol. The number of fused-ring (bicyclic) bond motifs is 1. The van der Waals surface area contributed by atoms with E-state index < -0.39 is 0 Å². The summed E-state index contributed by atoms with van der Waals surface area (Å²) in [7, 11) is 1.64. The van der Waals surface area contributed by atoms with Crippen molar-refractivity contribution in [3.8, 4) is 0 Å². The zero-order valence-corrected chi connectivity index (χ0v) is 9.45. The van der Waals surface area contributed by atoms with Crippen LogP contribution in [0.4, 0.5) is 0 Å². The van der Waals surface area contributed by atoms with Gasteiger partial charge in [-0.05, 0) is 36.2 Å². The molecule has 0 bridgehead atoms. The van der Waals surface area contributed by atoms with Crippen molar-refractivity contribution in [2.45, 2.75) is 13.3 Å². The van der Waals surface area contributed by atoms with Crippen molar-refractivity contribution in [1.82, 2.24) is 10.3 Å². The van der Waals surface area contributed by atoms with Crippen molar-refractivity contribution >= 4 is 16.8 Å². The lowest BCUT2D eigenvalue weighted by molar-refractivity contribution is 0.0963. The van der Waals surface area contributed by atoms with Crippen LogP contribution in [-0.2, 0) is 6.42 Å². The molecule has 0 aliphatic carbocycles. The van der Waals surface area contributed by atoms with Gasteiger partial charge in [0, 0.05) is 24.2 Å². The zero-order valence-electron chi connectivity index (χ0n) is 9.45. The van der Waals surface area contributed by atoms with Gasteiger partial charge in [-0.2, -0.15) is 0 Å². The Labute approximate surface area is 94.5 Å². The number of carbonyl (C=O) groups excluding carboxylic acids is 1. The van der Waals surface area contributed by atoms with E-state index in [4.69, 9.17) is 0 Å². The predicted molar refractivity (Wildman–Crippen MR) is 64.5 cm³/mol. The normalized spacial score (nSPS) is 10.4. The minimum absolute atomic E-state index is 0.0622. The quantitative estimate of drug-likeness (QED) is 0.832. The summed E-state index contributed by atoms with van der Waals surface area (Å²) >= 11 is 0. The molecule has 3 heteroatoms. The van der Waals surface area contributed by atoms with Gasteiger partial charge in [0.1, 0.15) is 0 Å². The van der Waals surface area contributed by atoms with Crippen LogP contribution in [-0.4, -0.2) is 17.9 Å². The molecule has 1 heterocycles. The molecule has 0 spiro atoms. The molecular weight excluding hydrogens is 200 g/mol. The number of amides is 1. The molecule has 0 unspecified atom stereocenters. The first kappa shape index (κ1) is 10.6. The SMILES string of the molecule is CCc1ccnc2ccc(C(=O)NC)cc12. The maximum absolute atomic E-state index is 11.5. The summed E-state index contributed by atoms with van der Waals surface area (Å²) < 4.78 is 0. The Kier molecular flexibility index (Phi) is 2.86. The van der Waals surface area contributed by atoms with Crippen LogP contribution in [0.2, 0.25) is 0 Å². The molecule has 82 valence electrons. The van der Waals surface area contributed by atoms with Crippen molar-refractivity contribution in [3.63, 3.8) is 0 Å². The Morgan fingerprint density at radius 1 is 1.38 bits per heavy atom. The molecular formula is C13H14N2O. The van der Waals surface area contributed by atoms with Crippen LogP contribution >= 0.6 is 0 Å². The van der Waals surface area contributed by atoms with Crippen molar-refractivity contribution in [1.29, 1.82) is 0 Å². The molecule has 0 saturated carbocycles. The Morgan fingerprint density at radius 3 is 2.88 bits per heavy atom. The number of hydrogen-bond acceptors (Lipinski definition) is 2. The van der Waals surface area contributed by atoms with Gasteiger partial charge in [-0.25, -0.2) is 0 Å². The molecule has 1 amide bonds. The van der Waals surface area contributed by atoms with Gasteiger partial charge in [-0.15, -0.1) is 0 Å². The lowest BCUT2D eigenvalue weighted by Crippen LogP contribution is -2.17. The van der Waals surface area contributed by atoms with Crippen molar-refractivity contribution in [2.24, 2.45) is 0 Å². The van der Waals surface area contributed by atoms with Crippen LogP contribution in [0.1, 0.15) is 22.8 Å². The highest BCUT2D eigenvalue weighted by Crippen LogP contribution is 2.18. The van der Waals surface area contributed by atoms with E-state index in [1.54, 1.807) is 19.3 Å². The number of hydrogen-bond donors (Lipinski definition) is 1. The highest BCUT2D eigenvalue weighted by atomic mass is 16.1. The van der Waals surface area contributed by atoms with Gasteiger partial charge in [-0.3, -0.25) is 9.78 Å². The predicted octanol–water partition coefficient (Wildman–Crippen LogP) is 2.16. The third kappa shape index (κ3) is 1.76. The van der Waals surface area contributed by atoms with Crippen molar-refractivity contribution in [2.75, 3.05) is 7.05 Å². The fourth-order valence-corrected chi connectivity index (χ4v) is 1.80. The second-order valence-corrected chi connectivity index (χ2v) is 3.63. The number of rotatable bonds is 2. The van der Waals surface area contributed by atoms with Gasteiger partial charge in [0.25, 0.3) is 5.91 Å². The van der Waals surface area contributed by atoms with Crippen molar-refractivity contribution in [3.05, 3.63) is 41.6 Å². The summed E-state index contributed by atoms with van der Waals surface area (Å²) in [6.45, 7) is 2.10. The van der Waals surface area contributed by atoms with Crippen LogP contribution < -0.4 is 5.32 Å². The highest BCUT2D eigenvalue weighted by molar-refractivity contribution is 5.98. The molecule has 0 atom stereocenters. The summed E-state index contributed by atoms with van der Waals surface area (Å²) in [5, 5.41) is 3.69. The summed E-state index contributed by atoms with van der Waals surface area (Å²) in [6.07, 6.45) is 2.75. The molecule has 0 fully saturated rings. The first-order valence-electron chi connectivity index (χ1n) is 5.36. The Balaban J connectivity index is 2.63. The van der Waals surface area contributed by atoms with Gasteiger partial charge in [0.2, 0.25) is 0 Å². The number of nitrogens with zero attached hydrogens (tertiary/aromatic N) is 1. The summed E-state index contributed by atoms with van der Waals surface area (Å²) in [4.78, 5) is 15.8. The molecule has 2 aromatic rings. The van der Waals surface area contributed by atoms with E-state index >= 15 is 0 Å². The first-order valence-corrected chi connectivity index (χ1v) is 5.36. The Morgan fingerprint density at radius 2 is 2.19 bits per heavy atom. The molecule has 3 nitrogen and oxygen atoms in total. The summed E-state index contributed by atoms with van der Waals surface area (Å²) in [5.41, 5.74) is 2.83. The maximum atomic E-state index is 11.5. The van der Waals surface area contributed by atoms with Gasteiger partial charge >= 0.3 is 0 Å². The van der Waals surface area contributed by atoms with Crippen molar-refractivity contribution < 1.29 is 4.79 Å². The van der Waals surface area contributed by atoms with Crippen LogP contribution in [0.5, 0.6) is 0 Å². The fraction of sp³-hybridized carbons (Fsp3) is 0.231. The van der Waals surface area contributed by atoms with E-state index in [1.165, 1.54) is 5.56 Å². The zero-order chi connectivity index (χ0) is 11.5. The largest absolute Gasteiger partial charge is 0.355 e. The number of benzene rings is 1. The third-order valence-electron chi connectivity index (χ3n) is 2.70. The van der Waals surface area contributed by atoms with Crippen LogP contribution in [0, 0.1) is 0 Å². The number of aromatic nitrogens is 1. The second-order valence-electron chi connectivity index (χ2n) is 3.63. The molecule has 0 aliphatic rings. The number of aryl methyl sites for hydroxylation is 1. The molecule has 0 radical (unpaired) electrons. The summed E-state index contributed by atoms with van der Waals surface area (Å²) in [6, 6.07) is 7.59. The minimum atomic E-state index is -0.0622. The van der Waals surface area contributed by atoms with Gasteiger partial charge in [0.05, 0.1) is 5.52 Å². The number of pyridine rings is 1. The topological polar surface area (TPSA) is 42.0 Å². The van der Waals surface area contributed by atoms with E-state index in [-0.39, 0.29) is 5.91 Å². The van der Waals surface area contributed by atoms with Crippen LogP contribution in [0.3, 0.4) is 0 Å². The van der Waals surface area contributed by atoms with E-state index in [9.17, 15) is 4.79 Å². The lowest BCUT2D eigenvalue weighted by Gasteiger charge is -2.05. The van der Waals surface area contributed by atoms with E-state index in [0.717, 1.165) is 17.3 Å². The van der Waals surface area contributed by atoms with E-state index in [1.807, 2.05) is 18.2 Å². The lowest BCUT2D eigenvalue weighted by atomic mass is 10.0. The van der Waals surface area contributed by atoms with Crippen LogP contribution in [0.15, 0.2) is 30.5 Å². The Hall–Kier alpha value is -1.90. The maximum Gasteiger partial charge on any atom is 0.251 e. The molecule has 0 aliphatic heterocycles. The minimum Gasteiger partial charge on any atom is -0.355 e. The molecule has 0 saturated heterocycles. The van der Waals surface area contributed by atoms with Gasteiger partial charge in [-0.1, -0.05) is 6.92 Å². The average Bonchev–Trinajstić information content (AvgIpc) is 2.36. The van der Waals surface area contributed by atoms with Crippen LogP contribution in [0.25, 0.3) is 10.9 Å². The number of nitrogens with one attached hydrogen (secondary N) is 1. The van der Waals surface area contributed by atoms with Gasteiger partial charge in [0.15, 0.2) is 0 Å². The molecule has 1 N–H and O–H groups in total. The highest BCUT2D eigenvalue weighted by Gasteiger charge is 2.06. The monoisotopic (exact) mass is 214 g/mol. The third-order valence-corrected chi connectivity index (χ3v) is 2.70. The molecule has 1 aromatic heterocycles. The standard InChI is InChI=1S/C13H14N2O/c1-3-9-6-7-15-12-5-4-10(8-11(9)12)13(16)14-2/h4-8H,3H2,1-2H3,(H,14,16). The molecule has 1 aromatic carbocycles. The fourth-order valence-electron chi connectivity index (χ4n) is 1.80.